The molecule has 3 aromatic rings. The first-order valence-corrected chi connectivity index (χ1v) is 8.75. The highest BCUT2D eigenvalue weighted by Crippen LogP contribution is 2.44. The number of rotatable bonds is 2. The van der Waals surface area contributed by atoms with Crippen molar-refractivity contribution >= 4 is 38.3 Å². The maximum Gasteiger partial charge on any atom is 0.225 e. The first-order valence-electron chi connectivity index (χ1n) is 7.96. The van der Waals surface area contributed by atoms with Crippen molar-refractivity contribution in [2.24, 2.45) is 0 Å². The highest BCUT2D eigenvalue weighted by Gasteiger charge is 2.29. The number of amides is 1. The van der Waals surface area contributed by atoms with E-state index >= 15 is 0 Å². The second-order valence-electron chi connectivity index (χ2n) is 6.10. The lowest BCUT2D eigenvalue weighted by atomic mass is 9.83. The number of aromatic hydroxyl groups is 1. The van der Waals surface area contributed by atoms with Crippen molar-refractivity contribution < 1.29 is 14.6 Å². The Kier molecular flexibility index (Phi) is 3.88. The number of methoxy groups -OCH3 is 1. The molecule has 126 valence electrons. The molecule has 0 saturated heterocycles. The van der Waals surface area contributed by atoms with Crippen LogP contribution in [0.2, 0.25) is 0 Å². The van der Waals surface area contributed by atoms with Gasteiger partial charge >= 0.3 is 0 Å². The van der Waals surface area contributed by atoms with Crippen LogP contribution < -0.4 is 10.1 Å². The summed E-state index contributed by atoms with van der Waals surface area (Å²) in [5.41, 5.74) is 2.77. The lowest BCUT2D eigenvalue weighted by Crippen LogP contribution is -2.23. The van der Waals surface area contributed by atoms with E-state index in [2.05, 4.69) is 27.3 Å². The van der Waals surface area contributed by atoms with Gasteiger partial charge in [-0.3, -0.25) is 4.79 Å². The van der Waals surface area contributed by atoms with Gasteiger partial charge in [0, 0.05) is 22.2 Å². The second-order valence-corrected chi connectivity index (χ2v) is 6.96. The van der Waals surface area contributed by atoms with E-state index < -0.39 is 0 Å². The Bertz CT molecular complexity index is 1000. The van der Waals surface area contributed by atoms with E-state index in [1.165, 1.54) is 7.11 Å². The number of benzene rings is 3. The minimum atomic E-state index is -0.124. The molecule has 0 aromatic heterocycles. The van der Waals surface area contributed by atoms with Gasteiger partial charge < -0.3 is 15.2 Å². The SMILES string of the molecule is COc1ccc([C@H]2CC(=O)Nc3c2cc(Br)c2ccccc32)cc1O. The Morgan fingerprint density at radius 2 is 1.92 bits per heavy atom. The molecule has 0 spiro atoms. The number of hydrogen-bond acceptors (Lipinski definition) is 3. The van der Waals surface area contributed by atoms with Gasteiger partial charge in [-0.25, -0.2) is 0 Å². The molecule has 2 N–H and O–H groups in total. The molecular weight excluding hydrogens is 382 g/mol. The predicted octanol–water partition coefficient (Wildman–Crippen LogP) is 4.79. The minimum absolute atomic E-state index is 0.0275. The van der Waals surface area contributed by atoms with E-state index in [1.807, 2.05) is 30.3 Å². The molecule has 4 rings (SSSR count). The zero-order valence-electron chi connectivity index (χ0n) is 13.5. The number of hydrogen-bond donors (Lipinski definition) is 2. The van der Waals surface area contributed by atoms with Crippen molar-refractivity contribution in [3.05, 3.63) is 64.1 Å². The fourth-order valence-electron chi connectivity index (χ4n) is 3.47. The molecule has 4 nitrogen and oxygen atoms in total. The minimum Gasteiger partial charge on any atom is -0.504 e. The number of carbonyl (C=O) groups excluding carboxylic acids is 1. The number of fused-ring (bicyclic) bond motifs is 3. The van der Waals surface area contributed by atoms with Gasteiger partial charge in [-0.05, 0) is 34.7 Å². The summed E-state index contributed by atoms with van der Waals surface area (Å²) in [6.45, 7) is 0. The average molecular weight is 398 g/mol. The van der Waals surface area contributed by atoms with Crippen LogP contribution in [0, 0.1) is 0 Å². The van der Waals surface area contributed by atoms with Crippen LogP contribution in [0.15, 0.2) is 53.0 Å². The molecule has 0 aliphatic carbocycles. The van der Waals surface area contributed by atoms with Crippen molar-refractivity contribution in [2.75, 3.05) is 12.4 Å². The molecule has 1 aliphatic heterocycles. The van der Waals surface area contributed by atoms with E-state index in [4.69, 9.17) is 4.74 Å². The fourth-order valence-corrected chi connectivity index (χ4v) is 4.07. The molecule has 1 amide bonds. The zero-order chi connectivity index (χ0) is 17.6. The van der Waals surface area contributed by atoms with Crippen molar-refractivity contribution in [1.82, 2.24) is 0 Å². The molecule has 0 fully saturated rings. The van der Waals surface area contributed by atoms with Crippen LogP contribution >= 0.6 is 15.9 Å². The van der Waals surface area contributed by atoms with Crippen molar-refractivity contribution in [3.8, 4) is 11.5 Å². The molecule has 1 aliphatic rings. The maximum absolute atomic E-state index is 12.3. The van der Waals surface area contributed by atoms with Crippen LogP contribution in [0.25, 0.3) is 10.8 Å². The molecule has 0 saturated carbocycles. The lowest BCUT2D eigenvalue weighted by molar-refractivity contribution is -0.116. The van der Waals surface area contributed by atoms with E-state index in [-0.39, 0.29) is 17.6 Å². The Labute approximate surface area is 153 Å². The maximum atomic E-state index is 12.3. The Balaban J connectivity index is 1.93. The fraction of sp³-hybridized carbons (Fsp3) is 0.150. The number of anilines is 1. The van der Waals surface area contributed by atoms with Gasteiger partial charge in [-0.15, -0.1) is 0 Å². The monoisotopic (exact) mass is 397 g/mol. The third-order valence-corrected chi connectivity index (χ3v) is 5.32. The molecule has 1 heterocycles. The van der Waals surface area contributed by atoms with Gasteiger partial charge in [-0.1, -0.05) is 46.3 Å². The topological polar surface area (TPSA) is 58.6 Å². The number of halogens is 1. The summed E-state index contributed by atoms with van der Waals surface area (Å²) in [5.74, 6) is 0.345. The normalized spacial score (nSPS) is 16.4. The Hall–Kier alpha value is -2.53. The van der Waals surface area contributed by atoms with Gasteiger partial charge in [0.15, 0.2) is 11.5 Å². The largest absolute Gasteiger partial charge is 0.504 e. The summed E-state index contributed by atoms with van der Waals surface area (Å²) in [4.78, 5) is 12.3. The molecule has 0 bridgehead atoms. The molecule has 0 radical (unpaired) electrons. The van der Waals surface area contributed by atoms with Gasteiger partial charge in [-0.2, -0.15) is 0 Å². The summed E-state index contributed by atoms with van der Waals surface area (Å²) < 4.78 is 6.10. The molecular formula is C20H16BrNO3. The van der Waals surface area contributed by atoms with Crippen molar-refractivity contribution in [1.29, 1.82) is 0 Å². The van der Waals surface area contributed by atoms with Crippen LogP contribution in [-0.2, 0) is 4.79 Å². The number of ether oxygens (including phenoxy) is 1. The predicted molar refractivity (Wildman–Crippen MR) is 101 cm³/mol. The molecule has 25 heavy (non-hydrogen) atoms. The highest BCUT2D eigenvalue weighted by molar-refractivity contribution is 9.10. The van der Waals surface area contributed by atoms with Crippen LogP contribution in [0.5, 0.6) is 11.5 Å². The summed E-state index contributed by atoms with van der Waals surface area (Å²) in [6.07, 6.45) is 0.337. The first kappa shape index (κ1) is 16.0. The second kappa shape index (κ2) is 6.08. The van der Waals surface area contributed by atoms with Gasteiger partial charge in [0.25, 0.3) is 0 Å². The Morgan fingerprint density at radius 1 is 1.16 bits per heavy atom. The van der Waals surface area contributed by atoms with E-state index in [0.29, 0.717) is 12.2 Å². The van der Waals surface area contributed by atoms with Gasteiger partial charge in [0.05, 0.1) is 12.8 Å². The van der Waals surface area contributed by atoms with E-state index in [1.54, 1.807) is 12.1 Å². The van der Waals surface area contributed by atoms with Crippen molar-refractivity contribution in [3.63, 3.8) is 0 Å². The number of nitrogens with one attached hydrogen (secondary N) is 1. The third-order valence-electron chi connectivity index (χ3n) is 4.66. The third kappa shape index (κ3) is 2.65. The number of carbonyl (C=O) groups is 1. The van der Waals surface area contributed by atoms with Crippen LogP contribution in [0.4, 0.5) is 5.69 Å². The molecule has 0 unspecified atom stereocenters. The highest BCUT2D eigenvalue weighted by atomic mass is 79.9. The lowest BCUT2D eigenvalue weighted by Gasteiger charge is -2.28. The summed E-state index contributed by atoms with van der Waals surface area (Å²) in [5, 5.41) is 15.2. The molecule has 5 heteroatoms. The van der Waals surface area contributed by atoms with Crippen molar-refractivity contribution in [2.45, 2.75) is 12.3 Å². The van der Waals surface area contributed by atoms with E-state index in [9.17, 15) is 9.90 Å². The first-order chi connectivity index (χ1) is 12.1. The summed E-state index contributed by atoms with van der Waals surface area (Å²) >= 11 is 3.65. The summed E-state index contributed by atoms with van der Waals surface area (Å²) in [7, 11) is 1.52. The smallest absolute Gasteiger partial charge is 0.225 e. The average Bonchev–Trinajstić information content (AvgIpc) is 2.62. The Morgan fingerprint density at radius 3 is 2.64 bits per heavy atom. The van der Waals surface area contributed by atoms with Crippen LogP contribution in [0.1, 0.15) is 23.5 Å². The van der Waals surface area contributed by atoms with Gasteiger partial charge in [0.2, 0.25) is 5.91 Å². The van der Waals surface area contributed by atoms with Crippen LogP contribution in [0.3, 0.4) is 0 Å². The molecule has 3 aromatic carbocycles. The van der Waals surface area contributed by atoms with E-state index in [0.717, 1.165) is 32.1 Å². The number of phenolic OH excluding ortho intramolecular Hbond substituents is 1. The quantitative estimate of drug-likeness (QED) is 0.653. The molecule has 1 atom stereocenters. The van der Waals surface area contributed by atoms with Crippen LogP contribution in [-0.4, -0.2) is 18.1 Å². The number of phenols is 1. The standard InChI is InChI=1S/C20H16BrNO3/c1-25-18-7-6-11(8-17(18)23)14-10-19(24)22-20-13-5-3-2-4-12(13)16(21)9-15(14)20/h2-9,14,23H,10H2,1H3,(H,22,24)/t14-/m1/s1. The van der Waals surface area contributed by atoms with Gasteiger partial charge in [0.1, 0.15) is 0 Å². The summed E-state index contributed by atoms with van der Waals surface area (Å²) in [6, 6.07) is 15.3. The zero-order valence-corrected chi connectivity index (χ0v) is 15.1.